The number of allylic oxidation sites excluding steroid dienone is 1. The monoisotopic (exact) mass is 793 g/mol. The number of methoxy groups -OCH3 is 2. The first-order valence-corrected chi connectivity index (χ1v) is 18.3. The van der Waals surface area contributed by atoms with Crippen molar-refractivity contribution in [3.05, 3.63) is 129 Å². The lowest BCUT2D eigenvalue weighted by atomic mass is 9.90. The Morgan fingerprint density at radius 2 is 1.76 bits per heavy atom. The summed E-state index contributed by atoms with van der Waals surface area (Å²) in [6.07, 6.45) is 1.79. The van der Waals surface area contributed by atoms with Gasteiger partial charge in [0.05, 0.1) is 34.5 Å². The fourth-order valence-electron chi connectivity index (χ4n) is 6.19. The standard InChI is InChI=1S/C38H34BrCl2N3O5S/c1-6-43(7-2)37(46)32-21(3)42-38-44(34(32)33-26-11-9-8-10-23(26)13-15-29(33)47-4)36(45)31(50-38)18-22-16-27(39)35(30(17-22)48-5)49-20-24-12-14-25(40)19-28(24)41/h8-19,34H,6-7,20H2,1-5H3/b31-18+/t34-/m1/s1. The third kappa shape index (κ3) is 6.69. The summed E-state index contributed by atoms with van der Waals surface area (Å²) >= 11 is 17.3. The smallest absolute Gasteiger partial charge is 0.271 e. The van der Waals surface area contributed by atoms with Crippen LogP contribution in [-0.2, 0) is 11.4 Å². The Labute approximate surface area is 312 Å². The van der Waals surface area contributed by atoms with Gasteiger partial charge in [-0.2, -0.15) is 0 Å². The van der Waals surface area contributed by atoms with E-state index in [0.717, 1.165) is 21.9 Å². The van der Waals surface area contributed by atoms with Crippen LogP contribution in [0.5, 0.6) is 17.2 Å². The summed E-state index contributed by atoms with van der Waals surface area (Å²) in [4.78, 5) is 35.9. The number of hydrogen-bond acceptors (Lipinski definition) is 7. The van der Waals surface area contributed by atoms with Crippen molar-refractivity contribution in [2.45, 2.75) is 33.4 Å². The fraction of sp³-hybridized carbons (Fsp3) is 0.237. The van der Waals surface area contributed by atoms with E-state index < -0.39 is 6.04 Å². The van der Waals surface area contributed by atoms with Gasteiger partial charge in [-0.25, -0.2) is 4.99 Å². The van der Waals surface area contributed by atoms with Crippen molar-refractivity contribution in [3.8, 4) is 17.2 Å². The van der Waals surface area contributed by atoms with E-state index >= 15 is 0 Å². The Balaban J connectivity index is 1.50. The lowest BCUT2D eigenvalue weighted by molar-refractivity contribution is -0.127. The average molecular weight is 796 g/mol. The highest BCUT2D eigenvalue weighted by molar-refractivity contribution is 9.10. The third-order valence-corrected chi connectivity index (χ3v) is 10.8. The SMILES string of the molecule is CCN(CC)C(=O)C1=C(C)N=c2s/c(=C/c3cc(Br)c(OCc4ccc(Cl)cc4Cl)c(OC)c3)c(=O)n2[C@H]1c1c(OC)ccc2ccccc12. The second kappa shape index (κ2) is 15.0. The van der Waals surface area contributed by atoms with E-state index in [1.807, 2.05) is 69.3 Å². The van der Waals surface area contributed by atoms with Crippen LogP contribution in [0.4, 0.5) is 0 Å². The van der Waals surface area contributed by atoms with E-state index in [2.05, 4.69) is 15.9 Å². The lowest BCUT2D eigenvalue weighted by Crippen LogP contribution is -2.43. The number of rotatable bonds is 10. The zero-order valence-corrected chi connectivity index (χ0v) is 32.0. The minimum absolute atomic E-state index is 0.172. The number of nitrogens with zero attached hydrogens (tertiary/aromatic N) is 3. The Morgan fingerprint density at radius 1 is 1.02 bits per heavy atom. The fourth-order valence-corrected chi connectivity index (χ4v) is 8.27. The third-order valence-electron chi connectivity index (χ3n) is 8.66. The van der Waals surface area contributed by atoms with Crippen LogP contribution in [0, 0.1) is 0 Å². The molecule has 0 bridgehead atoms. The van der Waals surface area contributed by atoms with Gasteiger partial charge in [0.1, 0.15) is 18.4 Å². The van der Waals surface area contributed by atoms with E-state index in [1.54, 1.807) is 48.0 Å². The molecule has 5 aromatic rings. The summed E-state index contributed by atoms with van der Waals surface area (Å²) in [5.74, 6) is 1.35. The second-order valence-electron chi connectivity index (χ2n) is 11.5. The van der Waals surface area contributed by atoms with Crippen molar-refractivity contribution < 1.29 is 19.0 Å². The predicted octanol–water partition coefficient (Wildman–Crippen LogP) is 7.92. The molecule has 0 radical (unpaired) electrons. The maximum absolute atomic E-state index is 14.5. The number of halogens is 3. The van der Waals surface area contributed by atoms with Crippen molar-refractivity contribution in [3.63, 3.8) is 0 Å². The van der Waals surface area contributed by atoms with Gasteiger partial charge in [-0.1, -0.05) is 70.9 Å². The highest BCUT2D eigenvalue weighted by Gasteiger charge is 2.36. The van der Waals surface area contributed by atoms with Gasteiger partial charge in [0, 0.05) is 34.3 Å². The number of amides is 1. The molecule has 0 saturated heterocycles. The summed E-state index contributed by atoms with van der Waals surface area (Å²) in [6, 6.07) is 19.9. The number of fused-ring (bicyclic) bond motifs is 2. The largest absolute Gasteiger partial charge is 0.496 e. The zero-order valence-electron chi connectivity index (χ0n) is 28.1. The first-order valence-electron chi connectivity index (χ1n) is 15.9. The molecule has 4 aromatic carbocycles. The van der Waals surface area contributed by atoms with Gasteiger partial charge >= 0.3 is 0 Å². The topological polar surface area (TPSA) is 82.4 Å². The molecule has 0 N–H and O–H groups in total. The van der Waals surface area contributed by atoms with Gasteiger partial charge < -0.3 is 19.1 Å². The summed E-state index contributed by atoms with van der Waals surface area (Å²) in [6.45, 7) is 6.92. The molecular formula is C38H34BrCl2N3O5S. The number of carbonyl (C=O) groups excluding carboxylic acids is 1. The molecule has 12 heteroatoms. The van der Waals surface area contributed by atoms with Gasteiger partial charge in [0.25, 0.3) is 11.5 Å². The Bertz CT molecular complexity index is 2350. The summed E-state index contributed by atoms with van der Waals surface area (Å²) in [5.41, 5.74) is 2.91. The van der Waals surface area contributed by atoms with Crippen LogP contribution in [0.2, 0.25) is 10.0 Å². The Kier molecular flexibility index (Phi) is 10.7. The molecule has 0 unspecified atom stereocenters. The van der Waals surface area contributed by atoms with Crippen molar-refractivity contribution in [1.29, 1.82) is 0 Å². The molecule has 1 amide bonds. The molecule has 1 aliphatic heterocycles. The number of benzene rings is 4. The zero-order chi connectivity index (χ0) is 35.7. The number of aromatic nitrogens is 1. The molecule has 0 fully saturated rings. The van der Waals surface area contributed by atoms with Crippen LogP contribution >= 0.6 is 50.5 Å². The van der Waals surface area contributed by atoms with Gasteiger partial charge in [-0.15, -0.1) is 0 Å². The van der Waals surface area contributed by atoms with Crippen LogP contribution in [0.1, 0.15) is 43.5 Å². The molecule has 2 heterocycles. The molecule has 258 valence electrons. The molecule has 6 rings (SSSR count). The first-order chi connectivity index (χ1) is 24.1. The number of carbonyl (C=O) groups is 1. The minimum atomic E-state index is -0.778. The van der Waals surface area contributed by atoms with Gasteiger partial charge in [0.15, 0.2) is 16.3 Å². The molecule has 0 saturated carbocycles. The predicted molar refractivity (Wildman–Crippen MR) is 204 cm³/mol. The van der Waals surface area contributed by atoms with Gasteiger partial charge in [0.2, 0.25) is 0 Å². The maximum atomic E-state index is 14.5. The molecule has 1 atom stereocenters. The van der Waals surface area contributed by atoms with E-state index in [-0.39, 0.29) is 18.1 Å². The van der Waals surface area contributed by atoms with Crippen LogP contribution in [0.3, 0.4) is 0 Å². The minimum Gasteiger partial charge on any atom is -0.496 e. The Hall–Kier alpha value is -4.09. The molecular weight excluding hydrogens is 761 g/mol. The van der Waals surface area contributed by atoms with Crippen molar-refractivity contribution in [1.82, 2.24) is 9.47 Å². The second-order valence-corrected chi connectivity index (χ2v) is 14.2. The van der Waals surface area contributed by atoms with E-state index in [0.29, 0.717) is 71.0 Å². The molecule has 8 nitrogen and oxygen atoms in total. The number of hydrogen-bond donors (Lipinski definition) is 0. The van der Waals surface area contributed by atoms with Crippen LogP contribution in [-0.4, -0.2) is 42.7 Å². The van der Waals surface area contributed by atoms with Gasteiger partial charge in [-0.3, -0.25) is 14.2 Å². The highest BCUT2D eigenvalue weighted by Crippen LogP contribution is 2.41. The normalized spacial score (nSPS) is 14.4. The quantitative estimate of drug-likeness (QED) is 0.144. The van der Waals surface area contributed by atoms with E-state index in [4.69, 9.17) is 42.4 Å². The highest BCUT2D eigenvalue weighted by atomic mass is 79.9. The Morgan fingerprint density at radius 3 is 2.46 bits per heavy atom. The van der Waals surface area contributed by atoms with Crippen molar-refractivity contribution in [2.24, 2.45) is 4.99 Å². The summed E-state index contributed by atoms with van der Waals surface area (Å²) in [7, 11) is 3.15. The van der Waals surface area contributed by atoms with E-state index in [1.165, 1.54) is 11.3 Å². The van der Waals surface area contributed by atoms with Crippen LogP contribution in [0.15, 0.2) is 92.3 Å². The maximum Gasteiger partial charge on any atom is 0.271 e. The molecule has 1 aromatic heterocycles. The first kappa shape index (κ1) is 35.7. The summed E-state index contributed by atoms with van der Waals surface area (Å²) in [5, 5.41) is 2.88. The van der Waals surface area contributed by atoms with Crippen LogP contribution in [0.25, 0.3) is 16.8 Å². The average Bonchev–Trinajstić information content (AvgIpc) is 3.41. The van der Waals surface area contributed by atoms with Gasteiger partial charge in [-0.05, 0) is 89.4 Å². The van der Waals surface area contributed by atoms with E-state index in [9.17, 15) is 9.59 Å². The number of ether oxygens (including phenoxy) is 3. The molecule has 50 heavy (non-hydrogen) atoms. The number of thiazole rings is 1. The van der Waals surface area contributed by atoms with Crippen LogP contribution < -0.4 is 29.1 Å². The van der Waals surface area contributed by atoms with Crippen molar-refractivity contribution in [2.75, 3.05) is 27.3 Å². The molecule has 1 aliphatic rings. The van der Waals surface area contributed by atoms with Crippen molar-refractivity contribution >= 4 is 73.2 Å². The molecule has 0 aliphatic carbocycles. The molecule has 0 spiro atoms. The lowest BCUT2D eigenvalue weighted by Gasteiger charge is -2.30. The summed E-state index contributed by atoms with van der Waals surface area (Å²) < 4.78 is 20.4. The number of likely N-dealkylation sites (N-methyl/N-ethyl adjacent to an activating group) is 1.